The standard InChI is InChI=1S/C22H31FN2O3/c1-21(2,3)13-19(26)25-11-9-22(15-25)8-5-10-24(20(22)27)14-16-12-17(28-4)6-7-18(16)23/h6-7,12H,5,8-11,13-15H2,1-4H3/t22-/m0/s1. The minimum absolute atomic E-state index is 0.0482. The van der Waals surface area contributed by atoms with Crippen LogP contribution < -0.4 is 4.74 Å². The number of methoxy groups -OCH3 is 1. The van der Waals surface area contributed by atoms with Gasteiger partial charge in [-0.3, -0.25) is 9.59 Å². The lowest BCUT2D eigenvalue weighted by Gasteiger charge is -2.39. The Bertz CT molecular complexity index is 759. The highest BCUT2D eigenvalue weighted by Gasteiger charge is 2.49. The number of amides is 2. The van der Waals surface area contributed by atoms with Gasteiger partial charge in [0.2, 0.25) is 11.8 Å². The third-order valence-corrected chi connectivity index (χ3v) is 5.83. The number of nitrogens with zero attached hydrogens (tertiary/aromatic N) is 2. The second-order valence-corrected chi connectivity index (χ2v) is 9.37. The number of piperidine rings is 1. The Balaban J connectivity index is 1.72. The van der Waals surface area contributed by atoms with E-state index in [0.29, 0.717) is 43.8 Å². The van der Waals surface area contributed by atoms with E-state index in [1.165, 1.54) is 6.07 Å². The summed E-state index contributed by atoms with van der Waals surface area (Å²) in [6, 6.07) is 4.60. The average molecular weight is 390 g/mol. The van der Waals surface area contributed by atoms with Gasteiger partial charge in [-0.2, -0.15) is 0 Å². The molecule has 1 aromatic carbocycles. The van der Waals surface area contributed by atoms with E-state index >= 15 is 0 Å². The van der Waals surface area contributed by atoms with Crippen molar-refractivity contribution in [3.8, 4) is 5.75 Å². The van der Waals surface area contributed by atoms with Crippen molar-refractivity contribution in [1.29, 1.82) is 0 Å². The maximum absolute atomic E-state index is 14.2. The van der Waals surface area contributed by atoms with Crippen molar-refractivity contribution in [2.75, 3.05) is 26.7 Å². The summed E-state index contributed by atoms with van der Waals surface area (Å²) in [6.45, 7) is 8.11. The van der Waals surface area contributed by atoms with E-state index in [-0.39, 0.29) is 29.6 Å². The first kappa shape index (κ1) is 20.6. The molecule has 0 bridgehead atoms. The molecular formula is C22H31FN2O3. The lowest BCUT2D eigenvalue weighted by molar-refractivity contribution is -0.147. The van der Waals surface area contributed by atoms with Gasteiger partial charge in [-0.25, -0.2) is 4.39 Å². The topological polar surface area (TPSA) is 49.9 Å². The van der Waals surface area contributed by atoms with Crippen molar-refractivity contribution in [2.24, 2.45) is 10.8 Å². The third-order valence-electron chi connectivity index (χ3n) is 5.83. The number of rotatable bonds is 4. The smallest absolute Gasteiger partial charge is 0.230 e. The highest BCUT2D eigenvalue weighted by atomic mass is 19.1. The van der Waals surface area contributed by atoms with Gasteiger partial charge < -0.3 is 14.5 Å². The minimum atomic E-state index is -0.513. The van der Waals surface area contributed by atoms with E-state index < -0.39 is 5.41 Å². The highest BCUT2D eigenvalue weighted by molar-refractivity contribution is 5.86. The molecule has 6 heteroatoms. The molecule has 154 valence electrons. The molecule has 2 saturated heterocycles. The Kier molecular flexibility index (Phi) is 5.69. The van der Waals surface area contributed by atoms with Crippen LogP contribution in [0.5, 0.6) is 5.75 Å². The molecule has 2 fully saturated rings. The van der Waals surface area contributed by atoms with Crippen LogP contribution in [0.15, 0.2) is 18.2 Å². The number of hydrogen-bond acceptors (Lipinski definition) is 3. The van der Waals surface area contributed by atoms with E-state index in [2.05, 4.69) is 0 Å². The number of hydrogen-bond donors (Lipinski definition) is 0. The number of benzene rings is 1. The van der Waals surface area contributed by atoms with E-state index in [1.807, 2.05) is 25.7 Å². The summed E-state index contributed by atoms with van der Waals surface area (Å²) >= 11 is 0. The minimum Gasteiger partial charge on any atom is -0.497 e. The lowest BCUT2D eigenvalue weighted by Crippen LogP contribution is -2.50. The zero-order chi connectivity index (χ0) is 20.5. The molecule has 28 heavy (non-hydrogen) atoms. The second-order valence-electron chi connectivity index (χ2n) is 9.37. The van der Waals surface area contributed by atoms with Crippen LogP contribution in [0.4, 0.5) is 4.39 Å². The van der Waals surface area contributed by atoms with Crippen molar-refractivity contribution >= 4 is 11.8 Å². The summed E-state index contributed by atoms with van der Waals surface area (Å²) in [7, 11) is 1.54. The molecule has 1 aromatic rings. The predicted molar refractivity (Wildman–Crippen MR) is 105 cm³/mol. The quantitative estimate of drug-likeness (QED) is 0.789. The summed E-state index contributed by atoms with van der Waals surface area (Å²) in [5, 5.41) is 0. The Hall–Kier alpha value is -2.11. The number of carbonyl (C=O) groups is 2. The van der Waals surface area contributed by atoms with Gasteiger partial charge in [0.25, 0.3) is 0 Å². The SMILES string of the molecule is COc1ccc(F)c(CN2CCC[C@@]3(CCN(C(=O)CC(C)(C)C)C3)C2=O)c1. The molecule has 2 amide bonds. The monoisotopic (exact) mass is 390 g/mol. The fourth-order valence-electron chi connectivity index (χ4n) is 4.34. The van der Waals surface area contributed by atoms with Crippen LogP contribution in [-0.2, 0) is 16.1 Å². The molecule has 1 spiro atoms. The molecule has 3 rings (SSSR count). The molecule has 2 heterocycles. The predicted octanol–water partition coefficient (Wildman–Crippen LogP) is 3.61. The van der Waals surface area contributed by atoms with Gasteiger partial charge in [-0.1, -0.05) is 20.8 Å². The third kappa shape index (κ3) is 4.31. The fourth-order valence-corrected chi connectivity index (χ4v) is 4.34. The molecule has 0 unspecified atom stereocenters. The summed E-state index contributed by atoms with van der Waals surface area (Å²) in [5.74, 6) is 0.414. The summed E-state index contributed by atoms with van der Waals surface area (Å²) < 4.78 is 19.4. The van der Waals surface area contributed by atoms with Crippen LogP contribution in [-0.4, -0.2) is 48.4 Å². The molecule has 2 aliphatic rings. The summed E-state index contributed by atoms with van der Waals surface area (Å²) in [6.07, 6.45) is 2.84. The zero-order valence-electron chi connectivity index (χ0n) is 17.4. The van der Waals surface area contributed by atoms with Crippen LogP contribution in [0.3, 0.4) is 0 Å². The van der Waals surface area contributed by atoms with Gasteiger partial charge in [0.1, 0.15) is 11.6 Å². The first-order valence-electron chi connectivity index (χ1n) is 10.0. The maximum atomic E-state index is 14.2. The largest absolute Gasteiger partial charge is 0.497 e. The highest BCUT2D eigenvalue weighted by Crippen LogP contribution is 2.41. The number of ether oxygens (including phenoxy) is 1. The van der Waals surface area contributed by atoms with Crippen LogP contribution in [0.1, 0.15) is 52.0 Å². The van der Waals surface area contributed by atoms with E-state index in [0.717, 1.165) is 12.8 Å². The summed E-state index contributed by atoms with van der Waals surface area (Å²) in [4.78, 5) is 29.5. The Morgan fingerprint density at radius 1 is 1.25 bits per heavy atom. The molecule has 1 atom stereocenters. The van der Waals surface area contributed by atoms with E-state index in [1.54, 1.807) is 24.1 Å². The van der Waals surface area contributed by atoms with Gasteiger partial charge >= 0.3 is 0 Å². The first-order valence-corrected chi connectivity index (χ1v) is 10.0. The number of likely N-dealkylation sites (tertiary alicyclic amines) is 2. The van der Waals surface area contributed by atoms with Gasteiger partial charge in [0.05, 0.1) is 12.5 Å². The van der Waals surface area contributed by atoms with Gasteiger partial charge in [-0.15, -0.1) is 0 Å². The Morgan fingerprint density at radius 2 is 2.00 bits per heavy atom. The molecule has 0 saturated carbocycles. The van der Waals surface area contributed by atoms with E-state index in [9.17, 15) is 14.0 Å². The summed E-state index contributed by atoms with van der Waals surface area (Å²) in [5.41, 5.74) is -0.121. The fraction of sp³-hybridized carbons (Fsp3) is 0.636. The van der Waals surface area contributed by atoms with Crippen molar-refractivity contribution in [3.05, 3.63) is 29.6 Å². The van der Waals surface area contributed by atoms with Crippen LogP contribution >= 0.6 is 0 Å². The van der Waals surface area contributed by atoms with Gasteiger partial charge in [-0.05, 0) is 42.9 Å². The molecule has 0 aliphatic carbocycles. The van der Waals surface area contributed by atoms with Crippen molar-refractivity contribution in [2.45, 2.75) is 53.0 Å². The maximum Gasteiger partial charge on any atom is 0.230 e. The first-order chi connectivity index (χ1) is 13.1. The van der Waals surface area contributed by atoms with Gasteiger partial charge in [0, 0.05) is 38.2 Å². The van der Waals surface area contributed by atoms with Crippen LogP contribution in [0.25, 0.3) is 0 Å². The van der Waals surface area contributed by atoms with Crippen LogP contribution in [0, 0.1) is 16.6 Å². The normalized spacial score (nSPS) is 22.8. The van der Waals surface area contributed by atoms with Crippen molar-refractivity contribution in [1.82, 2.24) is 9.80 Å². The molecule has 2 aliphatic heterocycles. The lowest BCUT2D eigenvalue weighted by atomic mass is 9.78. The van der Waals surface area contributed by atoms with Crippen molar-refractivity contribution in [3.63, 3.8) is 0 Å². The Morgan fingerprint density at radius 3 is 2.68 bits per heavy atom. The van der Waals surface area contributed by atoms with Crippen molar-refractivity contribution < 1.29 is 18.7 Å². The molecule has 0 N–H and O–H groups in total. The molecule has 0 radical (unpaired) electrons. The zero-order valence-corrected chi connectivity index (χ0v) is 17.4. The Labute approximate surface area is 166 Å². The number of carbonyl (C=O) groups excluding carboxylic acids is 2. The molecule has 5 nitrogen and oxygen atoms in total. The van der Waals surface area contributed by atoms with Gasteiger partial charge in [0.15, 0.2) is 0 Å². The van der Waals surface area contributed by atoms with Crippen LogP contribution in [0.2, 0.25) is 0 Å². The molecule has 0 aromatic heterocycles. The molecular weight excluding hydrogens is 359 g/mol. The number of halogens is 1. The van der Waals surface area contributed by atoms with E-state index in [4.69, 9.17) is 4.74 Å². The average Bonchev–Trinajstić information content (AvgIpc) is 3.05. The second kappa shape index (κ2) is 7.72.